The lowest BCUT2D eigenvalue weighted by atomic mass is 10.1. The Balaban J connectivity index is 4.51. The molecule has 10 heavy (non-hydrogen) atoms. The summed E-state index contributed by atoms with van der Waals surface area (Å²) < 4.78 is 0. The van der Waals surface area contributed by atoms with Crippen LogP contribution in [0.1, 0.15) is 20.8 Å². The fourth-order valence-corrected chi connectivity index (χ4v) is 0.541. The lowest BCUT2D eigenvalue weighted by Crippen LogP contribution is -1.98. The summed E-state index contributed by atoms with van der Waals surface area (Å²) >= 11 is 0. The van der Waals surface area contributed by atoms with E-state index in [0.717, 1.165) is 11.3 Å². The summed E-state index contributed by atoms with van der Waals surface area (Å²) in [4.78, 5) is 0. The normalized spacial score (nSPS) is 10.9. The van der Waals surface area contributed by atoms with Crippen molar-refractivity contribution in [2.24, 2.45) is 5.73 Å². The van der Waals surface area contributed by atoms with E-state index in [1.807, 2.05) is 26.8 Å². The molecule has 0 unspecified atom stereocenters. The molecule has 0 aromatic heterocycles. The fourth-order valence-electron chi connectivity index (χ4n) is 0.541. The summed E-state index contributed by atoms with van der Waals surface area (Å²) in [7, 11) is 0. The molecule has 0 saturated carbocycles. The summed E-state index contributed by atoms with van der Waals surface area (Å²) in [6.45, 7) is 9.65. The number of allylic oxidation sites excluding steroid dienone is 4. The van der Waals surface area contributed by atoms with Crippen LogP contribution >= 0.6 is 0 Å². The minimum Gasteiger partial charge on any atom is -0.399 e. The van der Waals surface area contributed by atoms with Crippen LogP contribution < -0.4 is 5.73 Å². The van der Waals surface area contributed by atoms with E-state index in [1.165, 1.54) is 5.57 Å². The van der Waals surface area contributed by atoms with Gasteiger partial charge in [-0.25, -0.2) is 0 Å². The Morgan fingerprint density at radius 2 is 1.80 bits per heavy atom. The van der Waals surface area contributed by atoms with E-state index in [2.05, 4.69) is 6.58 Å². The molecule has 0 radical (unpaired) electrons. The number of hydrogen-bond acceptors (Lipinski definition) is 1. The van der Waals surface area contributed by atoms with Crippen LogP contribution in [-0.4, -0.2) is 0 Å². The summed E-state index contributed by atoms with van der Waals surface area (Å²) in [6.07, 6.45) is 3.50. The minimum absolute atomic E-state index is 0.801. The van der Waals surface area contributed by atoms with Gasteiger partial charge >= 0.3 is 0 Å². The van der Waals surface area contributed by atoms with Gasteiger partial charge in [0.2, 0.25) is 0 Å². The van der Waals surface area contributed by atoms with Gasteiger partial charge in [-0.15, -0.1) is 0 Å². The maximum Gasteiger partial charge on any atom is 0.0342 e. The predicted molar refractivity (Wildman–Crippen MR) is 46.5 cm³/mol. The Labute approximate surface area is 62.9 Å². The van der Waals surface area contributed by atoms with Gasteiger partial charge in [0.05, 0.1) is 0 Å². The topological polar surface area (TPSA) is 26.0 Å². The van der Waals surface area contributed by atoms with Crippen LogP contribution in [0.25, 0.3) is 0 Å². The molecule has 0 bridgehead atoms. The molecular formula is C9H15N. The molecule has 56 valence electrons. The van der Waals surface area contributed by atoms with Crippen molar-refractivity contribution in [2.45, 2.75) is 20.8 Å². The van der Waals surface area contributed by atoms with Crippen molar-refractivity contribution >= 4 is 0 Å². The molecule has 0 aromatic carbocycles. The molecule has 0 amide bonds. The monoisotopic (exact) mass is 137 g/mol. The van der Waals surface area contributed by atoms with Crippen molar-refractivity contribution < 1.29 is 0 Å². The van der Waals surface area contributed by atoms with Crippen LogP contribution in [0.2, 0.25) is 0 Å². The fraction of sp³-hybridized carbons (Fsp3) is 0.333. The van der Waals surface area contributed by atoms with Gasteiger partial charge in [0.15, 0.2) is 0 Å². The highest BCUT2D eigenvalue weighted by atomic mass is 14.6. The van der Waals surface area contributed by atoms with Crippen LogP contribution in [0.15, 0.2) is 35.6 Å². The van der Waals surface area contributed by atoms with Crippen molar-refractivity contribution in [1.29, 1.82) is 0 Å². The molecule has 2 N–H and O–H groups in total. The van der Waals surface area contributed by atoms with E-state index in [4.69, 9.17) is 5.73 Å². The highest BCUT2D eigenvalue weighted by Crippen LogP contribution is 2.08. The molecule has 0 heterocycles. The molecule has 0 aromatic rings. The Morgan fingerprint density at radius 1 is 1.30 bits per heavy atom. The van der Waals surface area contributed by atoms with Gasteiger partial charge in [0.25, 0.3) is 0 Å². The van der Waals surface area contributed by atoms with Crippen LogP contribution in [0.3, 0.4) is 0 Å². The molecule has 0 spiro atoms. The molecule has 0 aliphatic carbocycles. The van der Waals surface area contributed by atoms with Gasteiger partial charge in [-0.2, -0.15) is 0 Å². The average Bonchev–Trinajstić information content (AvgIpc) is 1.87. The average molecular weight is 137 g/mol. The summed E-state index contributed by atoms with van der Waals surface area (Å²) in [5, 5.41) is 0. The third kappa shape index (κ3) is 2.53. The molecule has 1 nitrogen and oxygen atoms in total. The molecule has 0 fully saturated rings. The Morgan fingerprint density at radius 3 is 2.10 bits per heavy atom. The van der Waals surface area contributed by atoms with Gasteiger partial charge in [-0.1, -0.05) is 18.2 Å². The Kier molecular flexibility index (Phi) is 3.55. The van der Waals surface area contributed by atoms with Crippen molar-refractivity contribution in [3.8, 4) is 0 Å². The number of nitrogens with two attached hydrogens (primary N) is 1. The zero-order chi connectivity index (χ0) is 8.15. The first-order valence-electron chi connectivity index (χ1n) is 3.32. The van der Waals surface area contributed by atoms with Crippen molar-refractivity contribution in [3.63, 3.8) is 0 Å². The third-order valence-electron chi connectivity index (χ3n) is 1.48. The van der Waals surface area contributed by atoms with Gasteiger partial charge < -0.3 is 5.73 Å². The maximum absolute atomic E-state index is 5.66. The second-order valence-corrected chi connectivity index (χ2v) is 2.48. The summed E-state index contributed by atoms with van der Waals surface area (Å²) in [5.41, 5.74) is 8.85. The standard InChI is InChI=1S/C9H15N/c1-5-6-9(10)8(4)7(2)3/h5-6H,1,10H2,2-4H3/b9-6+. The minimum atomic E-state index is 0.801. The zero-order valence-corrected chi connectivity index (χ0v) is 6.94. The molecule has 0 aliphatic heterocycles. The second kappa shape index (κ2) is 3.94. The van der Waals surface area contributed by atoms with Crippen molar-refractivity contribution in [1.82, 2.24) is 0 Å². The molecule has 0 atom stereocenters. The third-order valence-corrected chi connectivity index (χ3v) is 1.48. The molecular weight excluding hydrogens is 122 g/mol. The molecule has 0 aliphatic rings. The maximum atomic E-state index is 5.66. The van der Waals surface area contributed by atoms with Gasteiger partial charge in [0, 0.05) is 5.70 Å². The Hall–Kier alpha value is -0.980. The quantitative estimate of drug-likeness (QED) is 0.581. The highest BCUT2D eigenvalue weighted by molar-refractivity contribution is 5.31. The Bertz CT molecular complexity index is 181. The van der Waals surface area contributed by atoms with E-state index in [0.29, 0.717) is 0 Å². The van der Waals surface area contributed by atoms with Crippen LogP contribution in [0.5, 0.6) is 0 Å². The lowest BCUT2D eigenvalue weighted by molar-refractivity contribution is 1.20. The largest absolute Gasteiger partial charge is 0.399 e. The molecule has 1 heteroatoms. The lowest BCUT2D eigenvalue weighted by Gasteiger charge is -2.01. The van der Waals surface area contributed by atoms with Gasteiger partial charge in [0.1, 0.15) is 0 Å². The van der Waals surface area contributed by atoms with Crippen molar-refractivity contribution in [2.75, 3.05) is 0 Å². The van der Waals surface area contributed by atoms with Gasteiger partial charge in [-0.05, 0) is 32.4 Å². The predicted octanol–water partition coefficient (Wildman–Crippen LogP) is 2.37. The molecule has 0 rings (SSSR count). The van der Waals surface area contributed by atoms with E-state index in [-0.39, 0.29) is 0 Å². The second-order valence-electron chi connectivity index (χ2n) is 2.48. The van der Waals surface area contributed by atoms with Crippen LogP contribution in [-0.2, 0) is 0 Å². The molecule has 0 saturated heterocycles. The first-order chi connectivity index (χ1) is 4.59. The van der Waals surface area contributed by atoms with E-state index < -0.39 is 0 Å². The zero-order valence-electron chi connectivity index (χ0n) is 6.94. The number of rotatable bonds is 2. The summed E-state index contributed by atoms with van der Waals surface area (Å²) in [5.74, 6) is 0. The van der Waals surface area contributed by atoms with E-state index >= 15 is 0 Å². The number of hydrogen-bond donors (Lipinski definition) is 1. The van der Waals surface area contributed by atoms with E-state index in [9.17, 15) is 0 Å². The van der Waals surface area contributed by atoms with Crippen LogP contribution in [0, 0.1) is 0 Å². The highest BCUT2D eigenvalue weighted by Gasteiger charge is 1.92. The first-order valence-corrected chi connectivity index (χ1v) is 3.32. The SMILES string of the molecule is C=C/C=C(/N)C(C)=C(C)C. The smallest absolute Gasteiger partial charge is 0.0342 e. The van der Waals surface area contributed by atoms with E-state index in [1.54, 1.807) is 6.08 Å². The summed E-state index contributed by atoms with van der Waals surface area (Å²) in [6, 6.07) is 0. The van der Waals surface area contributed by atoms with Gasteiger partial charge in [-0.3, -0.25) is 0 Å². The first kappa shape index (κ1) is 9.02. The van der Waals surface area contributed by atoms with Crippen LogP contribution in [0.4, 0.5) is 0 Å². The van der Waals surface area contributed by atoms with Crippen molar-refractivity contribution in [3.05, 3.63) is 35.6 Å².